The highest BCUT2D eigenvalue weighted by atomic mass is 32.2. The smallest absolute Gasteiger partial charge is 0.264 e. The number of amides is 2. The molecule has 0 saturated heterocycles. The number of ether oxygens (including phenoxy) is 2. The van der Waals surface area contributed by atoms with E-state index in [2.05, 4.69) is 5.32 Å². The zero-order valence-corrected chi connectivity index (χ0v) is 25.3. The predicted molar refractivity (Wildman–Crippen MR) is 160 cm³/mol. The molecule has 0 fully saturated rings. The van der Waals surface area contributed by atoms with Crippen LogP contribution in [0.2, 0.25) is 0 Å². The lowest BCUT2D eigenvalue weighted by molar-refractivity contribution is -0.140. The fraction of sp³-hybridized carbons (Fsp3) is 0.355. The fourth-order valence-corrected chi connectivity index (χ4v) is 5.84. The van der Waals surface area contributed by atoms with Crippen LogP contribution in [-0.4, -0.2) is 58.0 Å². The second-order valence-electron chi connectivity index (χ2n) is 9.95. The number of nitrogens with zero attached hydrogens (tertiary/aromatic N) is 2. The fourth-order valence-electron chi connectivity index (χ4n) is 4.41. The van der Waals surface area contributed by atoms with Gasteiger partial charge in [0.05, 0.1) is 24.8 Å². The molecule has 0 aliphatic heterocycles. The molecule has 0 radical (unpaired) electrons. The van der Waals surface area contributed by atoms with Crippen molar-refractivity contribution >= 4 is 27.5 Å². The monoisotopic (exact) mass is 581 g/mol. The Labute approximate surface area is 243 Å². The number of hydrogen-bond acceptors (Lipinski definition) is 6. The third-order valence-electron chi connectivity index (χ3n) is 6.57. The van der Waals surface area contributed by atoms with E-state index in [9.17, 15) is 18.0 Å². The number of carbonyl (C=O) groups excluding carboxylic acids is 2. The van der Waals surface area contributed by atoms with Gasteiger partial charge >= 0.3 is 0 Å². The molecule has 2 amide bonds. The van der Waals surface area contributed by atoms with E-state index in [0.29, 0.717) is 12.2 Å². The van der Waals surface area contributed by atoms with Gasteiger partial charge in [0, 0.05) is 12.6 Å². The van der Waals surface area contributed by atoms with Crippen LogP contribution in [0.5, 0.6) is 11.5 Å². The standard InChI is InChI=1S/C31H39N3O6S/c1-7-27(31(36)32-22(2)3)33(20-24-14-12-23(4)13-15-24)30(35)21-34(28-10-8-9-11-29(28)40-6)41(37,38)26-18-16-25(39-5)17-19-26/h8-19,22,27H,7,20-21H2,1-6H3,(H,32,36). The van der Waals surface area contributed by atoms with Crippen LogP contribution in [0.1, 0.15) is 38.3 Å². The average Bonchev–Trinajstić information content (AvgIpc) is 2.96. The van der Waals surface area contributed by atoms with Gasteiger partial charge in [-0.15, -0.1) is 0 Å². The summed E-state index contributed by atoms with van der Waals surface area (Å²) in [4.78, 5) is 28.8. The van der Waals surface area contributed by atoms with E-state index in [-0.39, 0.29) is 34.8 Å². The number of nitrogens with one attached hydrogen (secondary N) is 1. The summed E-state index contributed by atoms with van der Waals surface area (Å²) in [5.41, 5.74) is 2.08. The molecule has 1 N–H and O–H groups in total. The number of sulfonamides is 1. The second-order valence-corrected chi connectivity index (χ2v) is 11.8. The Morgan fingerprint density at radius 1 is 0.902 bits per heavy atom. The molecule has 0 aliphatic rings. The van der Waals surface area contributed by atoms with E-state index < -0.39 is 28.5 Å². The summed E-state index contributed by atoms with van der Waals surface area (Å²) < 4.78 is 39.8. The quantitative estimate of drug-likeness (QED) is 0.318. The first-order valence-corrected chi connectivity index (χ1v) is 14.9. The minimum absolute atomic E-state index is 0.0216. The summed E-state index contributed by atoms with van der Waals surface area (Å²) in [5, 5.41) is 2.90. The topological polar surface area (TPSA) is 105 Å². The lowest BCUT2D eigenvalue weighted by Crippen LogP contribution is -2.53. The van der Waals surface area contributed by atoms with E-state index >= 15 is 0 Å². The molecule has 0 aliphatic carbocycles. The Hall–Kier alpha value is -4.05. The molecule has 10 heteroatoms. The first-order valence-electron chi connectivity index (χ1n) is 13.5. The lowest BCUT2D eigenvalue weighted by Gasteiger charge is -2.34. The van der Waals surface area contributed by atoms with Crippen LogP contribution in [0.4, 0.5) is 5.69 Å². The average molecular weight is 582 g/mol. The highest BCUT2D eigenvalue weighted by Crippen LogP contribution is 2.33. The van der Waals surface area contributed by atoms with Crippen LogP contribution in [0.25, 0.3) is 0 Å². The number of hydrogen-bond donors (Lipinski definition) is 1. The molecule has 3 aromatic carbocycles. The highest BCUT2D eigenvalue weighted by molar-refractivity contribution is 7.92. The Morgan fingerprint density at radius 3 is 2.10 bits per heavy atom. The Morgan fingerprint density at radius 2 is 1.54 bits per heavy atom. The van der Waals surface area contributed by atoms with Gasteiger partial charge in [0.15, 0.2) is 0 Å². The largest absolute Gasteiger partial charge is 0.497 e. The summed E-state index contributed by atoms with van der Waals surface area (Å²) >= 11 is 0. The number of methoxy groups -OCH3 is 2. The molecular formula is C31H39N3O6S. The molecular weight excluding hydrogens is 542 g/mol. The van der Waals surface area contributed by atoms with Gasteiger partial charge in [0.2, 0.25) is 11.8 Å². The van der Waals surface area contributed by atoms with Crippen LogP contribution in [0.15, 0.2) is 77.7 Å². The number of carbonyl (C=O) groups is 2. The van der Waals surface area contributed by atoms with Gasteiger partial charge in [0.1, 0.15) is 24.1 Å². The third kappa shape index (κ3) is 7.79. The van der Waals surface area contributed by atoms with E-state index in [4.69, 9.17) is 9.47 Å². The predicted octanol–water partition coefficient (Wildman–Crippen LogP) is 4.54. The maximum Gasteiger partial charge on any atom is 0.264 e. The van der Waals surface area contributed by atoms with Crippen LogP contribution < -0.4 is 19.1 Å². The molecule has 0 bridgehead atoms. The maximum atomic E-state index is 14.1. The summed E-state index contributed by atoms with van der Waals surface area (Å²) in [5.74, 6) is -0.0497. The van der Waals surface area contributed by atoms with Gasteiger partial charge in [-0.05, 0) is 69.2 Å². The van der Waals surface area contributed by atoms with Crippen molar-refractivity contribution in [3.05, 3.63) is 83.9 Å². The Kier molecular flexibility index (Phi) is 10.8. The molecule has 1 atom stereocenters. The summed E-state index contributed by atoms with van der Waals surface area (Å²) in [6.07, 6.45) is 0.343. The summed E-state index contributed by atoms with van der Waals surface area (Å²) in [6, 6.07) is 19.3. The molecule has 220 valence electrons. The van der Waals surface area contributed by atoms with Crippen LogP contribution in [0.3, 0.4) is 0 Å². The lowest BCUT2D eigenvalue weighted by atomic mass is 10.1. The second kappa shape index (κ2) is 14.0. The molecule has 0 heterocycles. The molecule has 41 heavy (non-hydrogen) atoms. The Balaban J connectivity index is 2.10. The van der Waals surface area contributed by atoms with Gasteiger partial charge in [-0.2, -0.15) is 0 Å². The molecule has 0 aromatic heterocycles. The molecule has 9 nitrogen and oxygen atoms in total. The normalized spacial score (nSPS) is 12.0. The van der Waals surface area contributed by atoms with E-state index in [1.54, 1.807) is 36.4 Å². The minimum Gasteiger partial charge on any atom is -0.497 e. The molecule has 1 unspecified atom stereocenters. The van der Waals surface area contributed by atoms with Crippen molar-refractivity contribution in [2.75, 3.05) is 25.1 Å². The van der Waals surface area contributed by atoms with Crippen molar-refractivity contribution in [3.8, 4) is 11.5 Å². The number of para-hydroxylation sites is 2. The molecule has 0 saturated carbocycles. The van der Waals surface area contributed by atoms with E-state index in [0.717, 1.165) is 15.4 Å². The third-order valence-corrected chi connectivity index (χ3v) is 8.34. The highest BCUT2D eigenvalue weighted by Gasteiger charge is 2.34. The van der Waals surface area contributed by atoms with Crippen LogP contribution >= 0.6 is 0 Å². The van der Waals surface area contributed by atoms with Gasteiger partial charge in [-0.1, -0.05) is 48.9 Å². The van der Waals surface area contributed by atoms with Gasteiger partial charge in [-0.25, -0.2) is 8.42 Å². The van der Waals surface area contributed by atoms with Crippen molar-refractivity contribution in [2.45, 2.75) is 57.6 Å². The first kappa shape index (κ1) is 31.5. The van der Waals surface area contributed by atoms with Gasteiger partial charge in [-0.3, -0.25) is 13.9 Å². The Bertz CT molecular complexity index is 1420. The van der Waals surface area contributed by atoms with Gasteiger partial charge in [0.25, 0.3) is 10.0 Å². The van der Waals surface area contributed by atoms with Crippen molar-refractivity contribution in [1.29, 1.82) is 0 Å². The molecule has 3 rings (SSSR count). The van der Waals surface area contributed by atoms with Gasteiger partial charge < -0.3 is 19.7 Å². The van der Waals surface area contributed by atoms with Crippen molar-refractivity contribution < 1.29 is 27.5 Å². The van der Waals surface area contributed by atoms with E-state index in [1.807, 2.05) is 52.0 Å². The minimum atomic E-state index is -4.24. The number of benzene rings is 3. The van der Waals surface area contributed by atoms with E-state index in [1.165, 1.54) is 31.3 Å². The number of anilines is 1. The number of aryl methyl sites for hydroxylation is 1. The number of rotatable bonds is 13. The van der Waals surface area contributed by atoms with Crippen LogP contribution in [0, 0.1) is 6.92 Å². The molecule has 3 aromatic rings. The summed E-state index contributed by atoms with van der Waals surface area (Å²) in [6.45, 7) is 7.07. The SMILES string of the molecule is CCC(C(=O)NC(C)C)N(Cc1ccc(C)cc1)C(=O)CN(c1ccccc1OC)S(=O)(=O)c1ccc(OC)cc1. The zero-order valence-electron chi connectivity index (χ0n) is 24.5. The van der Waals surface area contributed by atoms with Crippen molar-refractivity contribution in [2.24, 2.45) is 0 Å². The molecule has 0 spiro atoms. The van der Waals surface area contributed by atoms with Crippen molar-refractivity contribution in [3.63, 3.8) is 0 Å². The maximum absolute atomic E-state index is 14.1. The van der Waals surface area contributed by atoms with Crippen LogP contribution in [-0.2, 0) is 26.2 Å². The zero-order chi connectivity index (χ0) is 30.2. The van der Waals surface area contributed by atoms with Crippen molar-refractivity contribution in [1.82, 2.24) is 10.2 Å². The first-order chi connectivity index (χ1) is 19.5. The summed E-state index contributed by atoms with van der Waals surface area (Å²) in [7, 11) is -1.31.